The van der Waals surface area contributed by atoms with E-state index in [4.69, 9.17) is 5.73 Å². The van der Waals surface area contributed by atoms with Crippen molar-refractivity contribution in [3.63, 3.8) is 0 Å². The fourth-order valence-corrected chi connectivity index (χ4v) is 3.40. The van der Waals surface area contributed by atoms with Gasteiger partial charge < -0.3 is 25.8 Å². The molecule has 2 aliphatic rings. The number of nitrogens with one attached hydrogen (secondary N) is 2. The van der Waals surface area contributed by atoms with Crippen LogP contribution in [0, 0.1) is 0 Å². The summed E-state index contributed by atoms with van der Waals surface area (Å²) in [5, 5.41) is 2.57. The van der Waals surface area contributed by atoms with Gasteiger partial charge in [0.15, 0.2) is 0 Å². The Hall–Kier alpha value is -3.39. The van der Waals surface area contributed by atoms with E-state index in [1.54, 1.807) is 18.5 Å². The van der Waals surface area contributed by atoms with E-state index in [-0.39, 0.29) is 5.91 Å². The van der Waals surface area contributed by atoms with Crippen LogP contribution in [0.4, 0.5) is 16.2 Å². The SMILES string of the molecule is CN1CCN(C(=O)c2c[nH]c(C=C3C=Nc4ccc(NC(N)=O)cc43)c2)CC1. The molecule has 1 aromatic carbocycles. The molecule has 8 heteroatoms. The van der Waals surface area contributed by atoms with Crippen molar-refractivity contribution in [2.75, 3.05) is 38.5 Å². The zero-order valence-electron chi connectivity index (χ0n) is 15.6. The molecule has 4 rings (SSSR count). The van der Waals surface area contributed by atoms with Crippen molar-refractivity contribution in [1.82, 2.24) is 14.8 Å². The standard InChI is InChI=1S/C20H22N6O2/c1-25-4-6-26(7-5-25)19(27)14-9-16(22-12-14)8-13-11-23-18-3-2-15(10-17(13)18)24-20(21)28/h2-3,8-12,22H,4-7H2,1H3,(H3,21,24,28). The number of hydrogen-bond acceptors (Lipinski definition) is 4. The minimum atomic E-state index is -0.610. The predicted octanol–water partition coefficient (Wildman–Crippen LogP) is 2.15. The van der Waals surface area contributed by atoms with Gasteiger partial charge in [-0.05, 0) is 37.4 Å². The number of carbonyl (C=O) groups is 2. The molecule has 0 bridgehead atoms. The van der Waals surface area contributed by atoms with Gasteiger partial charge in [0.05, 0.1) is 11.3 Å². The Kier molecular flexibility index (Phi) is 4.70. The first-order valence-electron chi connectivity index (χ1n) is 9.12. The highest BCUT2D eigenvalue weighted by Crippen LogP contribution is 2.34. The summed E-state index contributed by atoms with van der Waals surface area (Å²) in [6.07, 6.45) is 5.44. The molecule has 4 N–H and O–H groups in total. The lowest BCUT2D eigenvalue weighted by Crippen LogP contribution is -2.47. The van der Waals surface area contributed by atoms with Crippen molar-refractivity contribution in [3.05, 3.63) is 47.3 Å². The normalized spacial score (nSPS) is 17.8. The summed E-state index contributed by atoms with van der Waals surface area (Å²) in [4.78, 5) is 35.4. The Bertz CT molecular complexity index is 982. The summed E-state index contributed by atoms with van der Waals surface area (Å²) in [5.74, 6) is 0.0439. The van der Waals surface area contributed by atoms with Gasteiger partial charge >= 0.3 is 6.03 Å². The van der Waals surface area contributed by atoms with Gasteiger partial charge in [0, 0.05) is 61.1 Å². The molecule has 0 saturated carbocycles. The van der Waals surface area contributed by atoms with Crippen molar-refractivity contribution in [1.29, 1.82) is 0 Å². The van der Waals surface area contributed by atoms with Crippen LogP contribution >= 0.6 is 0 Å². The number of amides is 3. The molecule has 144 valence electrons. The molecule has 8 nitrogen and oxygen atoms in total. The molecule has 2 aliphatic heterocycles. The highest BCUT2D eigenvalue weighted by molar-refractivity contribution is 6.21. The van der Waals surface area contributed by atoms with Crippen molar-refractivity contribution >= 4 is 41.2 Å². The van der Waals surface area contributed by atoms with Crippen LogP contribution in [0.2, 0.25) is 0 Å². The number of benzene rings is 1. The summed E-state index contributed by atoms with van der Waals surface area (Å²) >= 11 is 0. The van der Waals surface area contributed by atoms with Crippen LogP contribution in [0.5, 0.6) is 0 Å². The number of rotatable bonds is 3. The number of anilines is 1. The third-order valence-corrected chi connectivity index (χ3v) is 4.97. The number of aromatic nitrogens is 1. The number of piperazine rings is 1. The molecule has 1 fully saturated rings. The van der Waals surface area contributed by atoms with E-state index in [1.807, 2.05) is 29.2 Å². The van der Waals surface area contributed by atoms with Crippen LogP contribution < -0.4 is 11.1 Å². The van der Waals surface area contributed by atoms with Gasteiger partial charge in [-0.2, -0.15) is 0 Å². The molecule has 0 unspecified atom stereocenters. The van der Waals surface area contributed by atoms with Crippen LogP contribution in [-0.2, 0) is 0 Å². The maximum absolute atomic E-state index is 12.7. The Balaban J connectivity index is 1.53. The monoisotopic (exact) mass is 378 g/mol. The van der Waals surface area contributed by atoms with Crippen LogP contribution in [0.25, 0.3) is 11.6 Å². The number of aliphatic imine (C=N–C) groups is 1. The molecule has 0 spiro atoms. The van der Waals surface area contributed by atoms with Gasteiger partial charge in [-0.3, -0.25) is 9.79 Å². The van der Waals surface area contributed by atoms with E-state index < -0.39 is 6.03 Å². The fourth-order valence-electron chi connectivity index (χ4n) is 3.40. The molecule has 3 heterocycles. The van der Waals surface area contributed by atoms with E-state index in [2.05, 4.69) is 27.2 Å². The number of nitrogens with two attached hydrogens (primary N) is 1. The molecule has 1 saturated heterocycles. The summed E-state index contributed by atoms with van der Waals surface area (Å²) in [5.41, 5.74) is 9.88. The summed E-state index contributed by atoms with van der Waals surface area (Å²) < 4.78 is 0. The predicted molar refractivity (Wildman–Crippen MR) is 110 cm³/mol. The Morgan fingerprint density at radius 3 is 2.75 bits per heavy atom. The fraction of sp³-hybridized carbons (Fsp3) is 0.250. The maximum Gasteiger partial charge on any atom is 0.316 e. The molecular weight excluding hydrogens is 356 g/mol. The van der Waals surface area contributed by atoms with E-state index in [0.29, 0.717) is 11.3 Å². The molecule has 0 aliphatic carbocycles. The number of carbonyl (C=O) groups excluding carboxylic acids is 2. The third-order valence-electron chi connectivity index (χ3n) is 4.97. The maximum atomic E-state index is 12.7. The Labute approximate surface area is 162 Å². The zero-order valence-corrected chi connectivity index (χ0v) is 15.6. The number of allylic oxidation sites excluding steroid dienone is 1. The van der Waals surface area contributed by atoms with E-state index in [9.17, 15) is 9.59 Å². The Morgan fingerprint density at radius 2 is 2.00 bits per heavy atom. The minimum Gasteiger partial charge on any atom is -0.361 e. The molecule has 0 atom stereocenters. The summed E-state index contributed by atoms with van der Waals surface area (Å²) in [6, 6.07) is 6.66. The molecule has 2 aromatic rings. The highest BCUT2D eigenvalue weighted by atomic mass is 16.2. The first-order chi connectivity index (χ1) is 13.5. The molecular formula is C20H22N6O2. The summed E-state index contributed by atoms with van der Waals surface area (Å²) in [6.45, 7) is 3.27. The van der Waals surface area contributed by atoms with Gasteiger partial charge in [0.2, 0.25) is 0 Å². The number of hydrogen-bond donors (Lipinski definition) is 3. The lowest BCUT2D eigenvalue weighted by molar-refractivity contribution is 0.0664. The second-order valence-corrected chi connectivity index (χ2v) is 7.02. The van der Waals surface area contributed by atoms with Crippen LogP contribution in [-0.4, -0.2) is 66.2 Å². The second-order valence-electron chi connectivity index (χ2n) is 7.02. The number of H-pyrrole nitrogens is 1. The number of fused-ring (bicyclic) bond motifs is 1. The van der Waals surface area contributed by atoms with Crippen molar-refractivity contribution < 1.29 is 9.59 Å². The topological polar surface area (TPSA) is 107 Å². The zero-order chi connectivity index (χ0) is 19.7. The molecule has 0 radical (unpaired) electrons. The van der Waals surface area contributed by atoms with E-state index in [1.165, 1.54) is 0 Å². The average Bonchev–Trinajstić information content (AvgIpc) is 3.29. The third kappa shape index (κ3) is 3.67. The van der Waals surface area contributed by atoms with Gasteiger partial charge in [-0.15, -0.1) is 0 Å². The molecule has 3 amide bonds. The minimum absolute atomic E-state index is 0.0439. The molecule has 1 aromatic heterocycles. The second kappa shape index (κ2) is 7.32. The number of nitrogens with zero attached hydrogens (tertiary/aromatic N) is 3. The number of aromatic amines is 1. The van der Waals surface area contributed by atoms with Crippen LogP contribution in [0.3, 0.4) is 0 Å². The smallest absolute Gasteiger partial charge is 0.316 e. The average molecular weight is 378 g/mol. The highest BCUT2D eigenvalue weighted by Gasteiger charge is 2.21. The lowest BCUT2D eigenvalue weighted by Gasteiger charge is -2.32. The number of primary amides is 1. The first kappa shape index (κ1) is 18.0. The first-order valence-corrected chi connectivity index (χ1v) is 9.12. The summed E-state index contributed by atoms with van der Waals surface area (Å²) in [7, 11) is 2.06. The number of likely N-dealkylation sites (N-methyl/N-ethyl adjacent to an activating group) is 1. The van der Waals surface area contributed by atoms with Gasteiger partial charge in [0.25, 0.3) is 5.91 Å². The lowest BCUT2D eigenvalue weighted by atomic mass is 10.1. The van der Waals surface area contributed by atoms with Crippen molar-refractivity contribution in [2.24, 2.45) is 10.7 Å². The van der Waals surface area contributed by atoms with Crippen molar-refractivity contribution in [2.45, 2.75) is 0 Å². The van der Waals surface area contributed by atoms with Crippen LogP contribution in [0.15, 0.2) is 35.5 Å². The van der Waals surface area contributed by atoms with E-state index >= 15 is 0 Å². The largest absolute Gasteiger partial charge is 0.361 e. The van der Waals surface area contributed by atoms with Crippen molar-refractivity contribution in [3.8, 4) is 0 Å². The molecule has 28 heavy (non-hydrogen) atoms. The Morgan fingerprint density at radius 1 is 1.21 bits per heavy atom. The van der Waals surface area contributed by atoms with E-state index in [0.717, 1.165) is 48.7 Å². The van der Waals surface area contributed by atoms with Gasteiger partial charge in [-0.1, -0.05) is 0 Å². The van der Waals surface area contributed by atoms with Crippen LogP contribution in [0.1, 0.15) is 21.6 Å². The quantitative estimate of drug-likeness (QED) is 0.762. The number of urea groups is 1. The van der Waals surface area contributed by atoms with Gasteiger partial charge in [-0.25, -0.2) is 4.79 Å². The van der Waals surface area contributed by atoms with Gasteiger partial charge in [0.1, 0.15) is 0 Å².